The number of hydrogen-bond acceptors (Lipinski definition) is 5. The first-order valence-corrected chi connectivity index (χ1v) is 10.6. The highest BCUT2D eigenvalue weighted by atomic mass is 79.9. The molecule has 0 unspecified atom stereocenters. The minimum Gasteiger partial charge on any atom is -0.394 e. The van der Waals surface area contributed by atoms with Gasteiger partial charge in [0.25, 0.3) is 5.56 Å². The van der Waals surface area contributed by atoms with Crippen LogP contribution in [-0.4, -0.2) is 38.5 Å². The van der Waals surface area contributed by atoms with Gasteiger partial charge in [0.2, 0.25) is 0 Å². The first-order valence-electron chi connectivity index (χ1n) is 9.80. The number of aromatic nitrogens is 3. The highest BCUT2D eigenvalue weighted by molar-refractivity contribution is 9.10. The Kier molecular flexibility index (Phi) is 6.01. The number of rotatable bonds is 7. The number of carbonyl (C=O) groups excluding carboxylic acids is 1. The number of hydrogen-bond donors (Lipinski definition) is 4. The van der Waals surface area contributed by atoms with Crippen molar-refractivity contribution in [2.45, 2.75) is 19.4 Å². The van der Waals surface area contributed by atoms with Crippen LogP contribution in [0.5, 0.6) is 0 Å². The van der Waals surface area contributed by atoms with Gasteiger partial charge in [-0.25, -0.2) is 4.98 Å². The van der Waals surface area contributed by atoms with Gasteiger partial charge in [0.05, 0.1) is 23.9 Å². The predicted octanol–water partition coefficient (Wildman–Crippen LogP) is 3.90. The van der Waals surface area contributed by atoms with Crippen molar-refractivity contribution in [2.75, 3.05) is 11.9 Å². The van der Waals surface area contributed by atoms with Crippen LogP contribution in [0.25, 0.3) is 22.4 Å². The molecule has 2 aromatic carbocycles. The van der Waals surface area contributed by atoms with Crippen LogP contribution in [0.1, 0.15) is 22.8 Å². The molecular weight excluding hydrogens is 460 g/mol. The SMILES string of the molecule is CC(=O)c1cc(Br)c2nc(-c3c(N[C@H](CO)Cc4ccccc4)cc[nH]c3=O)[nH]c2c1. The van der Waals surface area contributed by atoms with Crippen molar-refractivity contribution in [1.29, 1.82) is 0 Å². The third-order valence-corrected chi connectivity index (χ3v) is 5.65. The summed E-state index contributed by atoms with van der Waals surface area (Å²) in [4.78, 5) is 34.9. The number of fused-ring (bicyclic) bond motifs is 1. The fourth-order valence-electron chi connectivity index (χ4n) is 3.51. The van der Waals surface area contributed by atoms with Gasteiger partial charge in [-0.3, -0.25) is 9.59 Å². The second-order valence-corrected chi connectivity index (χ2v) is 8.16. The molecule has 158 valence electrons. The number of nitrogens with one attached hydrogen (secondary N) is 3. The Balaban J connectivity index is 1.73. The number of anilines is 1. The van der Waals surface area contributed by atoms with Crippen molar-refractivity contribution in [3.05, 3.63) is 80.7 Å². The quantitative estimate of drug-likeness (QED) is 0.300. The number of aliphatic hydroxyl groups is 1. The molecule has 0 aliphatic rings. The first-order chi connectivity index (χ1) is 15.0. The number of halogens is 1. The Hall–Kier alpha value is -3.23. The number of aliphatic hydroxyl groups excluding tert-OH is 1. The van der Waals surface area contributed by atoms with Gasteiger partial charge < -0.3 is 20.4 Å². The van der Waals surface area contributed by atoms with E-state index >= 15 is 0 Å². The molecule has 0 amide bonds. The molecule has 4 N–H and O–H groups in total. The molecule has 0 spiro atoms. The smallest absolute Gasteiger partial charge is 0.261 e. The van der Waals surface area contributed by atoms with E-state index < -0.39 is 0 Å². The highest BCUT2D eigenvalue weighted by Gasteiger charge is 2.19. The lowest BCUT2D eigenvalue weighted by Gasteiger charge is -2.19. The summed E-state index contributed by atoms with van der Waals surface area (Å²) in [6, 6.07) is 14.7. The molecule has 2 aromatic heterocycles. The Morgan fingerprint density at radius 3 is 2.71 bits per heavy atom. The molecule has 4 aromatic rings. The van der Waals surface area contributed by atoms with Gasteiger partial charge in [-0.05, 0) is 53.0 Å². The van der Waals surface area contributed by atoms with E-state index in [4.69, 9.17) is 0 Å². The summed E-state index contributed by atoms with van der Waals surface area (Å²) in [7, 11) is 0. The lowest BCUT2D eigenvalue weighted by molar-refractivity contribution is 0.101. The molecule has 2 heterocycles. The third-order valence-electron chi connectivity index (χ3n) is 5.05. The summed E-state index contributed by atoms with van der Waals surface area (Å²) in [6.07, 6.45) is 2.15. The maximum atomic E-state index is 12.7. The molecule has 8 heteroatoms. The minimum absolute atomic E-state index is 0.0645. The van der Waals surface area contributed by atoms with Crippen LogP contribution >= 0.6 is 15.9 Å². The van der Waals surface area contributed by atoms with Crippen LogP contribution in [0.15, 0.2) is 64.0 Å². The third kappa shape index (κ3) is 4.45. The molecule has 0 radical (unpaired) electrons. The van der Waals surface area contributed by atoms with Crippen molar-refractivity contribution >= 4 is 38.4 Å². The lowest BCUT2D eigenvalue weighted by atomic mass is 10.1. The number of ketones is 1. The van der Waals surface area contributed by atoms with E-state index in [-0.39, 0.29) is 24.0 Å². The summed E-state index contributed by atoms with van der Waals surface area (Å²) < 4.78 is 0.664. The summed E-state index contributed by atoms with van der Waals surface area (Å²) in [5.41, 5.74) is 3.46. The van der Waals surface area contributed by atoms with E-state index in [1.165, 1.54) is 6.92 Å². The van der Waals surface area contributed by atoms with Gasteiger partial charge in [0.1, 0.15) is 16.9 Å². The summed E-state index contributed by atoms with van der Waals surface area (Å²) in [5, 5.41) is 13.2. The normalized spacial score (nSPS) is 12.1. The van der Waals surface area contributed by atoms with Gasteiger partial charge >= 0.3 is 0 Å². The molecule has 0 saturated carbocycles. The van der Waals surface area contributed by atoms with Crippen molar-refractivity contribution in [2.24, 2.45) is 0 Å². The van der Waals surface area contributed by atoms with E-state index in [0.29, 0.717) is 44.6 Å². The van der Waals surface area contributed by atoms with E-state index in [0.717, 1.165) is 5.56 Å². The molecular formula is C23H21BrN4O3. The Morgan fingerprint density at radius 1 is 1.23 bits per heavy atom. The fourth-order valence-corrected chi connectivity index (χ4v) is 4.06. The molecule has 4 rings (SSSR count). The molecule has 7 nitrogen and oxygen atoms in total. The molecule has 0 fully saturated rings. The minimum atomic E-state index is -0.316. The number of pyridine rings is 1. The van der Waals surface area contributed by atoms with Gasteiger partial charge in [0, 0.05) is 16.2 Å². The molecule has 0 saturated heterocycles. The maximum absolute atomic E-state index is 12.7. The van der Waals surface area contributed by atoms with Crippen LogP contribution in [0.4, 0.5) is 5.69 Å². The van der Waals surface area contributed by atoms with Gasteiger partial charge in [-0.15, -0.1) is 0 Å². The number of H-pyrrole nitrogens is 2. The zero-order valence-electron chi connectivity index (χ0n) is 16.8. The van der Waals surface area contributed by atoms with E-state index in [1.807, 2.05) is 30.3 Å². The van der Waals surface area contributed by atoms with Crippen LogP contribution in [-0.2, 0) is 6.42 Å². The zero-order chi connectivity index (χ0) is 22.0. The number of carbonyl (C=O) groups is 1. The van der Waals surface area contributed by atoms with Crippen molar-refractivity contribution < 1.29 is 9.90 Å². The number of Topliss-reactive ketones (excluding diaryl/α,β-unsaturated/α-hetero) is 1. The van der Waals surface area contributed by atoms with Crippen LogP contribution < -0.4 is 10.9 Å². The van der Waals surface area contributed by atoms with Crippen LogP contribution in [0.2, 0.25) is 0 Å². The average Bonchev–Trinajstić information content (AvgIpc) is 3.18. The van der Waals surface area contributed by atoms with Gasteiger partial charge in [-0.2, -0.15) is 0 Å². The second-order valence-electron chi connectivity index (χ2n) is 7.30. The van der Waals surface area contributed by atoms with E-state index in [2.05, 4.69) is 36.2 Å². The van der Waals surface area contributed by atoms with Gasteiger partial charge in [0.15, 0.2) is 5.78 Å². The molecule has 0 aliphatic heterocycles. The van der Waals surface area contributed by atoms with Crippen molar-refractivity contribution in [1.82, 2.24) is 15.0 Å². The standard InChI is InChI=1S/C23H21BrN4O3/c1-13(30)15-10-17(24)21-19(11-15)27-22(28-21)20-18(7-8-25-23(20)31)26-16(12-29)9-14-5-3-2-4-6-14/h2-8,10-11,16,29H,9,12H2,1H3,(H,27,28)(H2,25,26,31)/t16-/m0/s1. The van der Waals surface area contributed by atoms with Crippen molar-refractivity contribution in [3.63, 3.8) is 0 Å². The topological polar surface area (TPSA) is 111 Å². The summed E-state index contributed by atoms with van der Waals surface area (Å²) in [5.74, 6) is 0.308. The first kappa shape index (κ1) is 21.0. The maximum Gasteiger partial charge on any atom is 0.261 e. The number of aromatic amines is 2. The molecule has 31 heavy (non-hydrogen) atoms. The van der Waals surface area contributed by atoms with E-state index in [9.17, 15) is 14.7 Å². The van der Waals surface area contributed by atoms with Crippen LogP contribution in [0, 0.1) is 0 Å². The number of benzene rings is 2. The Bertz CT molecular complexity index is 1300. The molecule has 1 atom stereocenters. The Morgan fingerprint density at radius 2 is 2.00 bits per heavy atom. The Labute approximate surface area is 186 Å². The second kappa shape index (κ2) is 8.87. The predicted molar refractivity (Wildman–Crippen MR) is 124 cm³/mol. The monoisotopic (exact) mass is 480 g/mol. The highest BCUT2D eigenvalue weighted by Crippen LogP contribution is 2.29. The summed E-state index contributed by atoms with van der Waals surface area (Å²) >= 11 is 3.46. The zero-order valence-corrected chi connectivity index (χ0v) is 18.4. The fraction of sp³-hybridized carbons (Fsp3) is 0.174. The average molecular weight is 481 g/mol. The van der Waals surface area contributed by atoms with Crippen LogP contribution in [0.3, 0.4) is 0 Å². The largest absolute Gasteiger partial charge is 0.394 e. The number of nitrogens with zero attached hydrogens (tertiary/aromatic N) is 1. The van der Waals surface area contributed by atoms with Gasteiger partial charge in [-0.1, -0.05) is 30.3 Å². The van der Waals surface area contributed by atoms with E-state index in [1.54, 1.807) is 24.4 Å². The summed E-state index contributed by atoms with van der Waals surface area (Å²) in [6.45, 7) is 1.39. The number of imidazole rings is 1. The molecule has 0 bridgehead atoms. The lowest BCUT2D eigenvalue weighted by Crippen LogP contribution is -2.28. The van der Waals surface area contributed by atoms with Crippen molar-refractivity contribution in [3.8, 4) is 11.4 Å². The molecule has 0 aliphatic carbocycles.